The van der Waals surface area contributed by atoms with Crippen LogP contribution in [0.4, 0.5) is 13.2 Å². The van der Waals surface area contributed by atoms with E-state index < -0.39 is 35.2 Å². The summed E-state index contributed by atoms with van der Waals surface area (Å²) in [6, 6.07) is 6.16. The van der Waals surface area contributed by atoms with Crippen molar-refractivity contribution in [2.24, 2.45) is 0 Å². The van der Waals surface area contributed by atoms with Gasteiger partial charge in [0.15, 0.2) is 5.69 Å². The molecule has 4 rings (SSSR count). The van der Waals surface area contributed by atoms with Crippen molar-refractivity contribution in [1.82, 2.24) is 20.0 Å². The van der Waals surface area contributed by atoms with E-state index in [2.05, 4.69) is 10.4 Å². The Labute approximate surface area is 205 Å². The molecule has 9 nitrogen and oxygen atoms in total. The molecule has 1 aliphatic heterocycles. The number of carboxylic acids is 1. The van der Waals surface area contributed by atoms with Crippen LogP contribution in [0.1, 0.15) is 60.3 Å². The van der Waals surface area contributed by atoms with Gasteiger partial charge in [-0.1, -0.05) is 12.8 Å². The van der Waals surface area contributed by atoms with Gasteiger partial charge in [0.2, 0.25) is 5.91 Å². The largest absolute Gasteiger partial charge is 0.497 e. The number of halogens is 3. The summed E-state index contributed by atoms with van der Waals surface area (Å²) in [5, 5.41) is 15.9. The number of aliphatic carboxylic acids is 1. The smallest absolute Gasteiger partial charge is 0.435 e. The Hall–Kier alpha value is -3.57. The zero-order chi connectivity index (χ0) is 26.1. The van der Waals surface area contributed by atoms with Crippen molar-refractivity contribution in [2.75, 3.05) is 20.2 Å². The molecule has 2 N–H and O–H groups in total. The summed E-state index contributed by atoms with van der Waals surface area (Å²) in [5.41, 5.74) is -2.35. The number of carbonyl (C=O) groups is 3. The zero-order valence-corrected chi connectivity index (χ0v) is 19.7. The fourth-order valence-electron chi connectivity index (χ4n) is 4.89. The number of ether oxygens (including phenoxy) is 1. The number of alkyl halides is 3. The van der Waals surface area contributed by atoms with Gasteiger partial charge in [-0.25, -0.2) is 9.48 Å². The molecule has 36 heavy (non-hydrogen) atoms. The summed E-state index contributed by atoms with van der Waals surface area (Å²) >= 11 is 0. The predicted molar refractivity (Wildman–Crippen MR) is 121 cm³/mol. The average molecular weight is 508 g/mol. The van der Waals surface area contributed by atoms with Crippen molar-refractivity contribution < 1.29 is 37.4 Å². The molecule has 2 amide bonds. The lowest BCUT2D eigenvalue weighted by atomic mass is 9.97. The standard InChI is InChI=1S/C24H27F3N4O5/c1-36-16-8-6-15(7-9-16)31-19-17(20(29-31)24(25,26)27)10-14-30(21(19)33)13-4-5-18(32)28-23(22(34)35)11-2-3-12-23/h6-9H,2-5,10-14H2,1H3,(H,28,32)(H,34,35). The highest BCUT2D eigenvalue weighted by atomic mass is 19.4. The summed E-state index contributed by atoms with van der Waals surface area (Å²) in [6.45, 7) is 0.199. The maximum Gasteiger partial charge on any atom is 0.435 e. The molecule has 0 bridgehead atoms. The third-order valence-corrected chi connectivity index (χ3v) is 6.77. The second-order valence-corrected chi connectivity index (χ2v) is 9.07. The SMILES string of the molecule is COc1ccc(-n2nc(C(F)(F)F)c3c2C(=O)N(CCCC(=O)NC2(C(=O)O)CCCC2)CC3)cc1. The lowest BCUT2D eigenvalue weighted by molar-refractivity contribution is -0.147. The molecule has 1 fully saturated rings. The van der Waals surface area contributed by atoms with Gasteiger partial charge in [0, 0.05) is 25.1 Å². The summed E-state index contributed by atoms with van der Waals surface area (Å²) in [7, 11) is 1.46. The Morgan fingerprint density at radius 2 is 1.86 bits per heavy atom. The Morgan fingerprint density at radius 1 is 1.19 bits per heavy atom. The molecule has 0 atom stereocenters. The van der Waals surface area contributed by atoms with E-state index in [1.54, 1.807) is 12.1 Å². The van der Waals surface area contributed by atoms with Crippen LogP contribution in [0.15, 0.2) is 24.3 Å². The Balaban J connectivity index is 1.49. The highest BCUT2D eigenvalue weighted by Crippen LogP contribution is 2.36. The number of carbonyl (C=O) groups excluding carboxylic acids is 2. The van der Waals surface area contributed by atoms with E-state index >= 15 is 0 Å². The highest BCUT2D eigenvalue weighted by molar-refractivity contribution is 5.96. The Kier molecular flexibility index (Phi) is 6.96. The minimum atomic E-state index is -4.72. The van der Waals surface area contributed by atoms with Crippen molar-refractivity contribution >= 4 is 17.8 Å². The monoisotopic (exact) mass is 508 g/mol. The number of amides is 2. The summed E-state index contributed by atoms with van der Waals surface area (Å²) in [6.07, 6.45) is -2.32. The number of fused-ring (bicyclic) bond motifs is 1. The number of benzene rings is 1. The number of hydrogen-bond acceptors (Lipinski definition) is 5. The molecule has 0 unspecified atom stereocenters. The number of nitrogens with one attached hydrogen (secondary N) is 1. The van der Waals surface area contributed by atoms with E-state index in [0.29, 0.717) is 18.6 Å². The van der Waals surface area contributed by atoms with Gasteiger partial charge in [-0.15, -0.1) is 0 Å². The predicted octanol–water partition coefficient (Wildman–Crippen LogP) is 3.19. The van der Waals surface area contributed by atoms with Crippen molar-refractivity contribution in [1.29, 1.82) is 0 Å². The van der Waals surface area contributed by atoms with Crippen molar-refractivity contribution in [3.8, 4) is 11.4 Å². The van der Waals surface area contributed by atoms with Crippen LogP contribution in [0.25, 0.3) is 5.69 Å². The molecule has 2 aromatic rings. The third kappa shape index (κ3) is 4.89. The molecule has 0 spiro atoms. The number of hydrogen-bond donors (Lipinski definition) is 2. The van der Waals surface area contributed by atoms with E-state index in [9.17, 15) is 32.7 Å². The zero-order valence-electron chi connectivity index (χ0n) is 19.7. The van der Waals surface area contributed by atoms with Gasteiger partial charge < -0.3 is 20.1 Å². The second-order valence-electron chi connectivity index (χ2n) is 9.07. The molecule has 1 aromatic carbocycles. The highest BCUT2D eigenvalue weighted by Gasteiger charge is 2.44. The van der Waals surface area contributed by atoms with E-state index in [-0.39, 0.29) is 49.3 Å². The third-order valence-electron chi connectivity index (χ3n) is 6.77. The summed E-state index contributed by atoms with van der Waals surface area (Å²) in [4.78, 5) is 38.7. The minimum Gasteiger partial charge on any atom is -0.497 e. The van der Waals surface area contributed by atoms with Gasteiger partial charge in [0.1, 0.15) is 17.0 Å². The van der Waals surface area contributed by atoms with Crippen LogP contribution in [0.3, 0.4) is 0 Å². The van der Waals surface area contributed by atoms with Crippen LogP contribution < -0.4 is 10.1 Å². The first-order valence-electron chi connectivity index (χ1n) is 11.7. The van der Waals surface area contributed by atoms with E-state index in [1.165, 1.54) is 24.1 Å². The first-order chi connectivity index (χ1) is 17.1. The van der Waals surface area contributed by atoms with Gasteiger partial charge >= 0.3 is 12.1 Å². The van der Waals surface area contributed by atoms with E-state index in [1.807, 2.05) is 0 Å². The normalized spacial score (nSPS) is 17.1. The molecule has 1 saturated carbocycles. The first-order valence-corrected chi connectivity index (χ1v) is 11.7. The van der Waals surface area contributed by atoms with Gasteiger partial charge in [0.25, 0.3) is 5.91 Å². The van der Waals surface area contributed by atoms with Crippen molar-refractivity contribution in [2.45, 2.75) is 56.7 Å². The van der Waals surface area contributed by atoms with Crippen LogP contribution in [0.2, 0.25) is 0 Å². The quantitative estimate of drug-likeness (QED) is 0.566. The molecule has 194 valence electrons. The number of nitrogens with zero attached hydrogens (tertiary/aromatic N) is 3. The summed E-state index contributed by atoms with van der Waals surface area (Å²) < 4.78 is 47.2. The molecule has 0 radical (unpaired) electrons. The van der Waals surface area contributed by atoms with Gasteiger partial charge in [-0.2, -0.15) is 18.3 Å². The van der Waals surface area contributed by atoms with Crippen LogP contribution in [0.5, 0.6) is 5.75 Å². The van der Waals surface area contributed by atoms with E-state index in [0.717, 1.165) is 17.5 Å². The summed E-state index contributed by atoms with van der Waals surface area (Å²) in [5.74, 6) is -1.58. The van der Waals surface area contributed by atoms with Crippen molar-refractivity contribution in [3.05, 3.63) is 41.2 Å². The number of aromatic nitrogens is 2. The fourth-order valence-corrected chi connectivity index (χ4v) is 4.89. The average Bonchev–Trinajstić information content (AvgIpc) is 3.47. The van der Waals surface area contributed by atoms with Gasteiger partial charge in [-0.05, 0) is 49.9 Å². The molecular formula is C24H27F3N4O5. The minimum absolute atomic E-state index is 0.00277. The van der Waals surface area contributed by atoms with Crippen molar-refractivity contribution in [3.63, 3.8) is 0 Å². The first kappa shape index (κ1) is 25.5. The Morgan fingerprint density at radius 3 is 2.44 bits per heavy atom. The van der Waals surface area contributed by atoms with Crippen LogP contribution in [-0.2, 0) is 22.2 Å². The lowest BCUT2D eigenvalue weighted by Gasteiger charge is -2.28. The molecule has 0 saturated heterocycles. The molecular weight excluding hydrogens is 481 g/mol. The second kappa shape index (κ2) is 9.82. The number of methoxy groups -OCH3 is 1. The van der Waals surface area contributed by atoms with E-state index in [4.69, 9.17) is 4.74 Å². The fraction of sp³-hybridized carbons (Fsp3) is 0.500. The van der Waals surface area contributed by atoms with Crippen LogP contribution in [0, 0.1) is 0 Å². The van der Waals surface area contributed by atoms with Crippen LogP contribution >= 0.6 is 0 Å². The molecule has 1 aliphatic carbocycles. The number of carboxylic acid groups (broad SMARTS) is 1. The Bertz CT molecular complexity index is 1150. The molecule has 12 heteroatoms. The number of rotatable bonds is 8. The maximum absolute atomic E-state index is 13.7. The van der Waals surface area contributed by atoms with Gasteiger partial charge in [0.05, 0.1) is 12.8 Å². The molecule has 2 heterocycles. The van der Waals surface area contributed by atoms with Gasteiger partial charge in [-0.3, -0.25) is 9.59 Å². The lowest BCUT2D eigenvalue weighted by Crippen LogP contribution is -2.52. The topological polar surface area (TPSA) is 114 Å². The maximum atomic E-state index is 13.7. The molecule has 1 aromatic heterocycles. The van der Waals surface area contributed by atoms with Crippen LogP contribution in [-0.4, -0.2) is 63.3 Å². The molecule has 2 aliphatic rings.